The SMILES string of the molecule is COC(CN)CC1CC1.Cl. The van der Waals surface area contributed by atoms with Crippen molar-refractivity contribution < 1.29 is 4.74 Å². The molecule has 1 fully saturated rings. The topological polar surface area (TPSA) is 35.2 Å². The van der Waals surface area contributed by atoms with Crippen LogP contribution in [0.25, 0.3) is 0 Å². The van der Waals surface area contributed by atoms with Crippen LogP contribution in [0, 0.1) is 5.92 Å². The van der Waals surface area contributed by atoms with Gasteiger partial charge in [-0.3, -0.25) is 0 Å². The van der Waals surface area contributed by atoms with E-state index in [1.54, 1.807) is 7.11 Å². The van der Waals surface area contributed by atoms with Crippen LogP contribution in [0.2, 0.25) is 0 Å². The van der Waals surface area contributed by atoms with Crippen LogP contribution in [-0.2, 0) is 4.74 Å². The molecule has 0 bridgehead atoms. The van der Waals surface area contributed by atoms with Gasteiger partial charge in [0.25, 0.3) is 0 Å². The fourth-order valence-electron chi connectivity index (χ4n) is 1.01. The molecule has 3 heteroatoms. The van der Waals surface area contributed by atoms with Crippen LogP contribution in [0.5, 0.6) is 0 Å². The van der Waals surface area contributed by atoms with E-state index in [0.717, 1.165) is 5.92 Å². The molecule has 0 heterocycles. The quantitative estimate of drug-likeness (QED) is 0.679. The van der Waals surface area contributed by atoms with Crippen molar-refractivity contribution in [2.75, 3.05) is 13.7 Å². The molecule has 0 amide bonds. The van der Waals surface area contributed by atoms with Crippen LogP contribution < -0.4 is 5.73 Å². The molecule has 1 rings (SSSR count). The first-order valence-electron chi connectivity index (χ1n) is 3.59. The third-order valence-electron chi connectivity index (χ3n) is 1.89. The second kappa shape index (κ2) is 4.94. The molecular weight excluding hydrogens is 150 g/mol. The van der Waals surface area contributed by atoms with Crippen LogP contribution in [0.4, 0.5) is 0 Å². The van der Waals surface area contributed by atoms with Crippen molar-refractivity contribution in [2.45, 2.75) is 25.4 Å². The molecule has 1 saturated carbocycles. The molecule has 2 N–H and O–H groups in total. The summed E-state index contributed by atoms with van der Waals surface area (Å²) in [4.78, 5) is 0. The molecule has 2 nitrogen and oxygen atoms in total. The minimum atomic E-state index is 0. The maximum absolute atomic E-state index is 5.43. The van der Waals surface area contributed by atoms with Crippen LogP contribution in [0.15, 0.2) is 0 Å². The van der Waals surface area contributed by atoms with Gasteiger partial charge >= 0.3 is 0 Å². The molecule has 0 spiro atoms. The Labute approximate surface area is 68.5 Å². The van der Waals surface area contributed by atoms with E-state index in [0.29, 0.717) is 12.6 Å². The number of ether oxygens (including phenoxy) is 1. The minimum absolute atomic E-state index is 0. The Balaban J connectivity index is 0.000000810. The van der Waals surface area contributed by atoms with Gasteiger partial charge in [-0.25, -0.2) is 0 Å². The molecule has 62 valence electrons. The summed E-state index contributed by atoms with van der Waals surface area (Å²) in [5.41, 5.74) is 5.43. The van der Waals surface area contributed by atoms with Crippen molar-refractivity contribution in [3.63, 3.8) is 0 Å². The second-order valence-corrected chi connectivity index (χ2v) is 2.77. The lowest BCUT2D eigenvalue weighted by Gasteiger charge is -2.10. The number of hydrogen-bond donors (Lipinski definition) is 1. The minimum Gasteiger partial charge on any atom is -0.380 e. The van der Waals surface area contributed by atoms with Gasteiger partial charge in [0, 0.05) is 13.7 Å². The van der Waals surface area contributed by atoms with E-state index >= 15 is 0 Å². The molecule has 0 radical (unpaired) electrons. The molecule has 1 aliphatic rings. The van der Waals surface area contributed by atoms with Gasteiger partial charge in [0.05, 0.1) is 6.10 Å². The normalized spacial score (nSPS) is 19.8. The Hall–Kier alpha value is 0.210. The Bertz CT molecular complexity index is 81.7. The van der Waals surface area contributed by atoms with E-state index in [1.807, 2.05) is 0 Å². The summed E-state index contributed by atoms with van der Waals surface area (Å²) in [5.74, 6) is 0.929. The number of halogens is 1. The summed E-state index contributed by atoms with van der Waals surface area (Å²) in [6.45, 7) is 0.674. The lowest BCUT2D eigenvalue weighted by Crippen LogP contribution is -2.22. The molecule has 0 saturated heterocycles. The van der Waals surface area contributed by atoms with Crippen LogP contribution in [0.3, 0.4) is 0 Å². The number of nitrogens with two attached hydrogens (primary N) is 1. The highest BCUT2D eigenvalue weighted by Gasteiger charge is 2.24. The van der Waals surface area contributed by atoms with E-state index in [4.69, 9.17) is 10.5 Å². The van der Waals surface area contributed by atoms with Crippen molar-refractivity contribution in [1.29, 1.82) is 0 Å². The van der Waals surface area contributed by atoms with Crippen molar-refractivity contribution >= 4 is 12.4 Å². The maximum atomic E-state index is 5.43. The first kappa shape index (κ1) is 10.2. The van der Waals surface area contributed by atoms with E-state index in [9.17, 15) is 0 Å². The van der Waals surface area contributed by atoms with E-state index in [2.05, 4.69) is 0 Å². The van der Waals surface area contributed by atoms with Gasteiger partial charge in [-0.2, -0.15) is 0 Å². The highest BCUT2D eigenvalue weighted by Crippen LogP contribution is 2.33. The Morgan fingerprint density at radius 1 is 1.60 bits per heavy atom. The third kappa shape index (κ3) is 3.40. The van der Waals surface area contributed by atoms with Gasteiger partial charge in [0.1, 0.15) is 0 Å². The molecule has 1 aliphatic carbocycles. The van der Waals surface area contributed by atoms with Gasteiger partial charge in [-0.15, -0.1) is 12.4 Å². The monoisotopic (exact) mass is 165 g/mol. The zero-order valence-electron chi connectivity index (χ0n) is 6.38. The molecule has 0 aromatic heterocycles. The first-order valence-corrected chi connectivity index (χ1v) is 3.59. The van der Waals surface area contributed by atoms with Crippen LogP contribution >= 0.6 is 12.4 Å². The summed E-state index contributed by atoms with van der Waals surface area (Å²) >= 11 is 0. The number of methoxy groups -OCH3 is 1. The molecule has 0 aliphatic heterocycles. The van der Waals surface area contributed by atoms with Crippen molar-refractivity contribution in [3.8, 4) is 0 Å². The average molecular weight is 166 g/mol. The van der Waals surface area contributed by atoms with E-state index in [-0.39, 0.29) is 12.4 Å². The van der Waals surface area contributed by atoms with E-state index < -0.39 is 0 Å². The van der Waals surface area contributed by atoms with Crippen LogP contribution in [-0.4, -0.2) is 19.8 Å². The van der Waals surface area contributed by atoms with Gasteiger partial charge in [-0.05, 0) is 12.3 Å². The fourth-order valence-corrected chi connectivity index (χ4v) is 1.01. The smallest absolute Gasteiger partial charge is 0.0696 e. The third-order valence-corrected chi connectivity index (χ3v) is 1.89. The average Bonchev–Trinajstić information content (AvgIpc) is 2.66. The van der Waals surface area contributed by atoms with Gasteiger partial charge < -0.3 is 10.5 Å². The maximum Gasteiger partial charge on any atom is 0.0696 e. The molecular formula is C7H16ClNO. The highest BCUT2D eigenvalue weighted by molar-refractivity contribution is 5.85. The Kier molecular flexibility index (Phi) is 5.04. The standard InChI is InChI=1S/C7H15NO.ClH/c1-9-7(5-8)4-6-2-3-6;/h6-7H,2-5,8H2,1H3;1H. The zero-order valence-corrected chi connectivity index (χ0v) is 7.19. The number of hydrogen-bond acceptors (Lipinski definition) is 2. The lowest BCUT2D eigenvalue weighted by atomic mass is 10.2. The van der Waals surface area contributed by atoms with Crippen molar-refractivity contribution in [2.24, 2.45) is 11.7 Å². The predicted molar refractivity (Wildman–Crippen MR) is 44.4 cm³/mol. The van der Waals surface area contributed by atoms with Gasteiger partial charge in [0.15, 0.2) is 0 Å². The van der Waals surface area contributed by atoms with Gasteiger partial charge in [-0.1, -0.05) is 12.8 Å². The second-order valence-electron chi connectivity index (χ2n) is 2.77. The fraction of sp³-hybridized carbons (Fsp3) is 1.00. The predicted octanol–water partition coefficient (Wildman–Crippen LogP) is 1.18. The summed E-state index contributed by atoms with van der Waals surface area (Å²) in [6, 6.07) is 0. The largest absolute Gasteiger partial charge is 0.380 e. The van der Waals surface area contributed by atoms with Crippen LogP contribution in [0.1, 0.15) is 19.3 Å². The summed E-state index contributed by atoms with van der Waals surface area (Å²) in [7, 11) is 1.74. The summed E-state index contributed by atoms with van der Waals surface area (Å²) in [5, 5.41) is 0. The molecule has 1 unspecified atom stereocenters. The summed E-state index contributed by atoms with van der Waals surface area (Å²) < 4.78 is 5.13. The zero-order chi connectivity index (χ0) is 6.69. The van der Waals surface area contributed by atoms with Crippen molar-refractivity contribution in [3.05, 3.63) is 0 Å². The Morgan fingerprint density at radius 2 is 2.20 bits per heavy atom. The molecule has 10 heavy (non-hydrogen) atoms. The highest BCUT2D eigenvalue weighted by atomic mass is 35.5. The molecule has 0 aromatic rings. The first-order chi connectivity index (χ1) is 4.36. The van der Waals surface area contributed by atoms with Gasteiger partial charge in [0.2, 0.25) is 0 Å². The molecule has 0 aromatic carbocycles. The van der Waals surface area contributed by atoms with Crippen molar-refractivity contribution in [1.82, 2.24) is 0 Å². The number of rotatable bonds is 4. The van der Waals surface area contributed by atoms with E-state index in [1.165, 1.54) is 19.3 Å². The Morgan fingerprint density at radius 3 is 2.50 bits per heavy atom. The summed E-state index contributed by atoms with van der Waals surface area (Å²) in [6.07, 6.45) is 4.27. The lowest BCUT2D eigenvalue weighted by molar-refractivity contribution is 0.0973. The molecule has 1 atom stereocenters.